The van der Waals surface area contributed by atoms with Gasteiger partial charge in [-0.25, -0.2) is 0 Å². The van der Waals surface area contributed by atoms with Crippen LogP contribution in [0.2, 0.25) is 0 Å². The maximum atomic E-state index is 11.7. The van der Waals surface area contributed by atoms with Crippen LogP contribution >= 0.6 is 0 Å². The van der Waals surface area contributed by atoms with Gasteiger partial charge < -0.3 is 5.32 Å². The Balaban J connectivity index is 2.98. The van der Waals surface area contributed by atoms with Crippen molar-refractivity contribution in [2.75, 3.05) is 0 Å². The molecule has 16 heavy (non-hydrogen) atoms. The highest BCUT2D eigenvalue weighted by Crippen LogP contribution is 2.49. The first-order valence-corrected chi connectivity index (χ1v) is 6.49. The zero-order valence-electron chi connectivity index (χ0n) is 11.7. The van der Waals surface area contributed by atoms with E-state index in [0.29, 0.717) is 18.3 Å². The predicted molar refractivity (Wildman–Crippen MR) is 68.2 cm³/mol. The van der Waals surface area contributed by atoms with Crippen molar-refractivity contribution in [2.45, 2.75) is 66.3 Å². The molecule has 0 aliphatic carbocycles. The summed E-state index contributed by atoms with van der Waals surface area (Å²) in [6.07, 6.45) is 2.98. The molecule has 0 aromatic carbocycles. The highest BCUT2D eigenvalue weighted by molar-refractivity contribution is 5.80. The van der Waals surface area contributed by atoms with Crippen molar-refractivity contribution in [1.82, 2.24) is 5.32 Å². The van der Waals surface area contributed by atoms with Crippen molar-refractivity contribution in [2.24, 2.45) is 17.3 Å². The second-order valence-electron chi connectivity index (χ2n) is 6.83. The maximum absolute atomic E-state index is 11.7. The Hall–Kier alpha value is -0.530. The smallest absolute Gasteiger partial charge is 0.221 e. The van der Waals surface area contributed by atoms with Gasteiger partial charge in [0.1, 0.15) is 0 Å². The predicted octanol–water partition coefficient (Wildman–Crippen LogP) is 3.36. The molecule has 2 heteroatoms. The van der Waals surface area contributed by atoms with E-state index in [4.69, 9.17) is 0 Å². The molecule has 1 N–H and O–H groups in total. The molecule has 0 bridgehead atoms. The Kier molecular flexibility index (Phi) is 3.71. The van der Waals surface area contributed by atoms with E-state index in [9.17, 15) is 4.79 Å². The van der Waals surface area contributed by atoms with Crippen molar-refractivity contribution >= 4 is 5.91 Å². The second kappa shape index (κ2) is 4.38. The average molecular weight is 225 g/mol. The molecule has 0 saturated carbocycles. The molecule has 0 radical (unpaired) electrons. The van der Waals surface area contributed by atoms with Crippen molar-refractivity contribution in [3.8, 4) is 0 Å². The first-order chi connectivity index (χ1) is 7.18. The van der Waals surface area contributed by atoms with Crippen molar-refractivity contribution in [3.05, 3.63) is 0 Å². The first-order valence-electron chi connectivity index (χ1n) is 6.49. The van der Waals surface area contributed by atoms with E-state index in [2.05, 4.69) is 46.9 Å². The van der Waals surface area contributed by atoms with E-state index in [1.165, 1.54) is 0 Å². The Bertz CT molecular complexity index is 256. The number of amides is 1. The standard InChI is InChI=1S/C14H27NO/c1-10(2)7-14(8-11(3)4)9-12(16)15-13(14,5)6/h10-11H,7-9H2,1-6H3,(H,15,16). The van der Waals surface area contributed by atoms with E-state index in [-0.39, 0.29) is 16.9 Å². The molecule has 94 valence electrons. The number of rotatable bonds is 4. The van der Waals surface area contributed by atoms with Gasteiger partial charge in [0, 0.05) is 17.4 Å². The number of hydrogen-bond acceptors (Lipinski definition) is 1. The SMILES string of the molecule is CC(C)CC1(CC(C)C)CC(=O)NC1(C)C. The number of carbonyl (C=O) groups is 1. The Morgan fingerprint density at radius 2 is 1.56 bits per heavy atom. The Morgan fingerprint density at radius 3 is 1.81 bits per heavy atom. The van der Waals surface area contributed by atoms with Gasteiger partial charge in [0.25, 0.3) is 0 Å². The van der Waals surface area contributed by atoms with E-state index in [1.54, 1.807) is 0 Å². The Morgan fingerprint density at radius 1 is 1.12 bits per heavy atom. The van der Waals surface area contributed by atoms with Crippen LogP contribution in [-0.2, 0) is 4.79 Å². The van der Waals surface area contributed by atoms with Crippen molar-refractivity contribution < 1.29 is 4.79 Å². The van der Waals surface area contributed by atoms with Crippen molar-refractivity contribution in [3.63, 3.8) is 0 Å². The molecule has 1 fully saturated rings. The molecule has 2 nitrogen and oxygen atoms in total. The Labute approximate surface area is 100 Å². The lowest BCUT2D eigenvalue weighted by Gasteiger charge is -2.43. The first kappa shape index (κ1) is 13.5. The third kappa shape index (κ3) is 2.58. The maximum Gasteiger partial charge on any atom is 0.221 e. The molecule has 0 unspecified atom stereocenters. The summed E-state index contributed by atoms with van der Waals surface area (Å²) >= 11 is 0. The largest absolute Gasteiger partial charge is 0.351 e. The van der Waals surface area contributed by atoms with Gasteiger partial charge in [0.2, 0.25) is 5.91 Å². The molecule has 1 amide bonds. The van der Waals surface area contributed by atoms with Crippen LogP contribution in [0.4, 0.5) is 0 Å². The van der Waals surface area contributed by atoms with Gasteiger partial charge in [-0.3, -0.25) is 4.79 Å². The van der Waals surface area contributed by atoms with Crippen LogP contribution in [0.1, 0.15) is 60.8 Å². The zero-order chi connectivity index (χ0) is 12.6. The normalized spacial score (nSPS) is 22.9. The molecule has 1 rings (SSSR count). The average Bonchev–Trinajstić information content (AvgIpc) is 2.16. The van der Waals surface area contributed by atoms with Gasteiger partial charge in [-0.05, 0) is 38.5 Å². The lowest BCUT2D eigenvalue weighted by atomic mass is 9.63. The summed E-state index contributed by atoms with van der Waals surface area (Å²) in [5.74, 6) is 1.52. The molecule has 1 aliphatic rings. The van der Waals surface area contributed by atoms with Gasteiger partial charge >= 0.3 is 0 Å². The molecule has 1 heterocycles. The minimum atomic E-state index is -0.0569. The van der Waals surface area contributed by atoms with Gasteiger partial charge in [0.15, 0.2) is 0 Å². The highest BCUT2D eigenvalue weighted by Gasteiger charge is 2.52. The summed E-state index contributed by atoms with van der Waals surface area (Å²) in [6, 6.07) is 0. The molecule has 0 aromatic rings. The minimum Gasteiger partial charge on any atom is -0.351 e. The van der Waals surface area contributed by atoms with E-state index in [0.717, 1.165) is 12.8 Å². The van der Waals surface area contributed by atoms with Crippen LogP contribution in [0.25, 0.3) is 0 Å². The lowest BCUT2D eigenvalue weighted by molar-refractivity contribution is -0.120. The van der Waals surface area contributed by atoms with Gasteiger partial charge in [-0.15, -0.1) is 0 Å². The fourth-order valence-corrected chi connectivity index (χ4v) is 3.35. The molecule has 1 saturated heterocycles. The lowest BCUT2D eigenvalue weighted by Crippen LogP contribution is -2.48. The summed E-state index contributed by atoms with van der Waals surface area (Å²) in [6.45, 7) is 13.4. The second-order valence-corrected chi connectivity index (χ2v) is 6.83. The van der Waals surface area contributed by atoms with Crippen LogP contribution in [0.3, 0.4) is 0 Å². The molecule has 0 spiro atoms. The van der Waals surface area contributed by atoms with Gasteiger partial charge in [0.05, 0.1) is 0 Å². The summed E-state index contributed by atoms with van der Waals surface area (Å²) in [5, 5.41) is 3.16. The molecule has 0 aromatic heterocycles. The summed E-state index contributed by atoms with van der Waals surface area (Å²) < 4.78 is 0. The quantitative estimate of drug-likeness (QED) is 0.781. The summed E-state index contributed by atoms with van der Waals surface area (Å²) in [5.41, 5.74) is 0.0883. The third-order valence-corrected chi connectivity index (χ3v) is 3.87. The van der Waals surface area contributed by atoms with Crippen LogP contribution in [0.5, 0.6) is 0 Å². The zero-order valence-corrected chi connectivity index (χ0v) is 11.7. The van der Waals surface area contributed by atoms with Crippen LogP contribution in [0, 0.1) is 17.3 Å². The van der Waals surface area contributed by atoms with E-state index < -0.39 is 0 Å². The fraction of sp³-hybridized carbons (Fsp3) is 0.929. The van der Waals surface area contributed by atoms with Crippen LogP contribution < -0.4 is 5.32 Å². The summed E-state index contributed by atoms with van der Waals surface area (Å²) in [7, 11) is 0. The van der Waals surface area contributed by atoms with Crippen molar-refractivity contribution in [1.29, 1.82) is 0 Å². The molecular weight excluding hydrogens is 198 g/mol. The van der Waals surface area contributed by atoms with E-state index >= 15 is 0 Å². The number of carbonyl (C=O) groups excluding carboxylic acids is 1. The van der Waals surface area contributed by atoms with Gasteiger partial charge in [-0.2, -0.15) is 0 Å². The monoisotopic (exact) mass is 225 g/mol. The molecular formula is C14H27NO. The summed E-state index contributed by atoms with van der Waals surface area (Å²) in [4.78, 5) is 11.7. The van der Waals surface area contributed by atoms with Crippen LogP contribution in [-0.4, -0.2) is 11.4 Å². The number of nitrogens with one attached hydrogen (secondary N) is 1. The highest BCUT2D eigenvalue weighted by atomic mass is 16.2. The topological polar surface area (TPSA) is 29.1 Å². The van der Waals surface area contributed by atoms with Gasteiger partial charge in [-0.1, -0.05) is 27.7 Å². The molecule has 1 aliphatic heterocycles. The minimum absolute atomic E-state index is 0.0569. The van der Waals surface area contributed by atoms with E-state index in [1.807, 2.05) is 0 Å². The fourth-order valence-electron chi connectivity index (χ4n) is 3.35. The third-order valence-electron chi connectivity index (χ3n) is 3.87. The molecule has 0 atom stereocenters. The number of hydrogen-bond donors (Lipinski definition) is 1. The van der Waals surface area contributed by atoms with Crippen LogP contribution in [0.15, 0.2) is 0 Å².